The van der Waals surface area contributed by atoms with Crippen molar-refractivity contribution in [3.8, 4) is 6.01 Å². The molecule has 0 aliphatic carbocycles. The summed E-state index contributed by atoms with van der Waals surface area (Å²) in [7, 11) is 0. The molecule has 174 valence electrons. The van der Waals surface area contributed by atoms with E-state index in [9.17, 15) is 0 Å². The topological polar surface area (TPSA) is 123 Å². The maximum atomic E-state index is 6.03. The lowest BCUT2D eigenvalue weighted by molar-refractivity contribution is 0.284. The minimum absolute atomic E-state index is 0.0525. The molecule has 34 heavy (non-hydrogen) atoms. The zero-order valence-electron chi connectivity index (χ0n) is 17.9. The molecule has 0 aliphatic heterocycles. The zero-order chi connectivity index (χ0) is 23.6. The molecule has 0 saturated carbocycles. The highest BCUT2D eigenvalue weighted by molar-refractivity contribution is 6.28. The Labute approximate surface area is 206 Å². The number of nitrogens with one attached hydrogen (secondary N) is 3. The van der Waals surface area contributed by atoms with Gasteiger partial charge in [0.25, 0.3) is 0 Å². The normalized spacial score (nSPS) is 10.5. The summed E-state index contributed by atoms with van der Waals surface area (Å²) in [5.74, 6) is 1.07. The number of aromatic nitrogens is 6. The number of nitrogens with zero attached hydrogens (tertiary/aromatic N) is 6. The summed E-state index contributed by atoms with van der Waals surface area (Å²) in [6.45, 7) is 1.03. The van der Waals surface area contributed by atoms with Crippen LogP contribution in [0.4, 0.5) is 29.2 Å². The minimum atomic E-state index is 0.0525. The van der Waals surface area contributed by atoms with Crippen molar-refractivity contribution in [2.45, 2.75) is 12.8 Å². The third kappa shape index (κ3) is 7.39. The monoisotopic (exact) mass is 497 g/mol. The van der Waals surface area contributed by atoms with E-state index in [-0.39, 0.29) is 16.6 Å². The summed E-state index contributed by atoms with van der Waals surface area (Å²) < 4.78 is 5.64. The maximum Gasteiger partial charge on any atom is 0.322 e. The number of anilines is 5. The van der Waals surface area contributed by atoms with Gasteiger partial charge in [-0.15, -0.1) is 0 Å². The molecule has 4 rings (SSSR count). The van der Waals surface area contributed by atoms with Crippen molar-refractivity contribution in [3.63, 3.8) is 0 Å². The highest BCUT2D eigenvalue weighted by atomic mass is 35.5. The molecule has 3 N–H and O–H groups in total. The van der Waals surface area contributed by atoms with Crippen LogP contribution in [0.2, 0.25) is 10.6 Å². The first kappa shape index (κ1) is 23.4. The van der Waals surface area contributed by atoms with Gasteiger partial charge in [0.15, 0.2) is 0 Å². The van der Waals surface area contributed by atoms with Crippen LogP contribution in [0.15, 0.2) is 60.7 Å². The van der Waals surface area contributed by atoms with Crippen LogP contribution < -0.4 is 20.7 Å². The number of hydrogen-bond donors (Lipinski definition) is 3. The van der Waals surface area contributed by atoms with E-state index in [1.54, 1.807) is 0 Å². The van der Waals surface area contributed by atoms with E-state index in [1.165, 1.54) is 0 Å². The Morgan fingerprint density at radius 1 is 0.618 bits per heavy atom. The van der Waals surface area contributed by atoms with E-state index in [0.29, 0.717) is 31.0 Å². The van der Waals surface area contributed by atoms with Crippen LogP contribution >= 0.6 is 23.2 Å². The molecule has 10 nitrogen and oxygen atoms in total. The van der Waals surface area contributed by atoms with E-state index in [1.807, 2.05) is 60.7 Å². The highest BCUT2D eigenvalue weighted by Crippen LogP contribution is 2.17. The molecular weight excluding hydrogens is 477 g/mol. The van der Waals surface area contributed by atoms with Crippen LogP contribution in [0.1, 0.15) is 12.8 Å². The average Bonchev–Trinajstić information content (AvgIpc) is 2.82. The van der Waals surface area contributed by atoms with Crippen LogP contribution in [0.5, 0.6) is 6.01 Å². The van der Waals surface area contributed by atoms with E-state index in [0.717, 1.165) is 24.2 Å². The Bertz CT molecular complexity index is 1100. The number of hydrogen-bond acceptors (Lipinski definition) is 10. The van der Waals surface area contributed by atoms with Crippen molar-refractivity contribution in [2.75, 3.05) is 29.1 Å². The Balaban J connectivity index is 1.22. The van der Waals surface area contributed by atoms with Crippen molar-refractivity contribution >= 4 is 52.4 Å². The Kier molecular flexibility index (Phi) is 8.20. The highest BCUT2D eigenvalue weighted by Gasteiger charge is 2.08. The fraction of sp³-hybridized carbons (Fsp3) is 0.182. The van der Waals surface area contributed by atoms with Crippen LogP contribution in [-0.4, -0.2) is 43.1 Å². The molecule has 0 saturated heterocycles. The Hall–Kier alpha value is -3.76. The van der Waals surface area contributed by atoms with Crippen LogP contribution in [-0.2, 0) is 0 Å². The van der Waals surface area contributed by atoms with Gasteiger partial charge >= 0.3 is 6.01 Å². The van der Waals surface area contributed by atoms with Crippen molar-refractivity contribution < 1.29 is 4.74 Å². The third-order valence-electron chi connectivity index (χ3n) is 4.34. The van der Waals surface area contributed by atoms with Gasteiger partial charge in [0, 0.05) is 17.9 Å². The van der Waals surface area contributed by atoms with Crippen molar-refractivity contribution in [2.24, 2.45) is 0 Å². The van der Waals surface area contributed by atoms with Gasteiger partial charge in [-0.2, -0.15) is 29.9 Å². The third-order valence-corrected chi connectivity index (χ3v) is 4.68. The molecule has 2 heterocycles. The molecule has 2 aromatic heterocycles. The average molecular weight is 498 g/mol. The van der Waals surface area contributed by atoms with Gasteiger partial charge in [-0.25, -0.2) is 0 Å². The minimum Gasteiger partial charge on any atom is -0.463 e. The fourth-order valence-corrected chi connectivity index (χ4v) is 3.14. The summed E-state index contributed by atoms with van der Waals surface area (Å²) in [5.41, 5.74) is 1.69. The number of benzene rings is 2. The second-order valence-corrected chi connectivity index (χ2v) is 7.60. The second-order valence-electron chi connectivity index (χ2n) is 6.93. The van der Waals surface area contributed by atoms with Gasteiger partial charge in [0.05, 0.1) is 6.61 Å². The second kappa shape index (κ2) is 11.9. The summed E-state index contributed by atoms with van der Waals surface area (Å²) in [5, 5.41) is 9.46. The van der Waals surface area contributed by atoms with Crippen LogP contribution in [0.25, 0.3) is 0 Å². The first-order valence-corrected chi connectivity index (χ1v) is 11.2. The lowest BCUT2D eigenvalue weighted by Crippen LogP contribution is -2.10. The van der Waals surface area contributed by atoms with E-state index >= 15 is 0 Å². The maximum absolute atomic E-state index is 6.03. The molecule has 0 aliphatic rings. The number of halogens is 2. The summed E-state index contributed by atoms with van der Waals surface area (Å²) in [6, 6.07) is 19.3. The first-order valence-electron chi connectivity index (χ1n) is 10.5. The Morgan fingerprint density at radius 3 is 1.82 bits per heavy atom. The molecule has 0 unspecified atom stereocenters. The number of para-hydroxylation sites is 2. The van der Waals surface area contributed by atoms with Gasteiger partial charge in [-0.1, -0.05) is 36.4 Å². The zero-order valence-corrected chi connectivity index (χ0v) is 19.5. The van der Waals surface area contributed by atoms with Gasteiger partial charge in [-0.3, -0.25) is 0 Å². The van der Waals surface area contributed by atoms with E-state index < -0.39 is 0 Å². The SMILES string of the molecule is Clc1nc(NCCCCOc2nc(Cl)nc(Nc3ccccc3)n2)nc(Nc2ccccc2)n1. The molecule has 4 aromatic rings. The largest absolute Gasteiger partial charge is 0.463 e. The molecule has 0 amide bonds. The number of unbranched alkanes of at least 4 members (excludes halogenated alkanes) is 1. The fourth-order valence-electron chi connectivity index (χ4n) is 2.83. The first-order chi connectivity index (χ1) is 16.6. The molecule has 0 atom stereocenters. The van der Waals surface area contributed by atoms with Gasteiger partial charge < -0.3 is 20.7 Å². The molecule has 12 heteroatoms. The summed E-state index contributed by atoms with van der Waals surface area (Å²) in [6.07, 6.45) is 1.53. The van der Waals surface area contributed by atoms with Gasteiger partial charge in [0.1, 0.15) is 0 Å². The summed E-state index contributed by atoms with van der Waals surface area (Å²) in [4.78, 5) is 24.9. The van der Waals surface area contributed by atoms with Crippen LogP contribution in [0, 0.1) is 0 Å². The quantitative estimate of drug-likeness (QED) is 0.240. The Morgan fingerprint density at radius 2 is 1.18 bits per heavy atom. The van der Waals surface area contributed by atoms with E-state index in [2.05, 4.69) is 45.9 Å². The van der Waals surface area contributed by atoms with Crippen molar-refractivity contribution in [1.82, 2.24) is 29.9 Å². The molecule has 0 radical (unpaired) electrons. The van der Waals surface area contributed by atoms with Crippen molar-refractivity contribution in [3.05, 3.63) is 71.2 Å². The standard InChI is InChI=1S/C22H21Cl2N9O/c23-17-28-19(32-20(29-17)26-15-9-3-1-4-10-15)25-13-7-8-14-34-22-31-18(24)30-21(33-22)27-16-11-5-2-6-12-16/h1-6,9-12H,7-8,13-14H2,(H,27,30,31,33)(H2,25,26,28,29,32). The van der Waals surface area contributed by atoms with Gasteiger partial charge in [0.2, 0.25) is 28.4 Å². The lowest BCUT2D eigenvalue weighted by atomic mass is 10.3. The van der Waals surface area contributed by atoms with Crippen molar-refractivity contribution in [1.29, 1.82) is 0 Å². The van der Waals surface area contributed by atoms with Crippen LogP contribution in [0.3, 0.4) is 0 Å². The number of ether oxygens (including phenoxy) is 1. The van der Waals surface area contributed by atoms with Gasteiger partial charge in [-0.05, 0) is 60.3 Å². The molecule has 0 bridgehead atoms. The van der Waals surface area contributed by atoms with E-state index in [4.69, 9.17) is 27.9 Å². The molecular formula is C22H21Cl2N9O. The summed E-state index contributed by atoms with van der Waals surface area (Å²) >= 11 is 12.0. The smallest absolute Gasteiger partial charge is 0.322 e. The lowest BCUT2D eigenvalue weighted by Gasteiger charge is -2.09. The predicted octanol–water partition coefficient (Wildman–Crippen LogP) is 5.12. The number of rotatable bonds is 11. The molecule has 2 aromatic carbocycles. The predicted molar refractivity (Wildman–Crippen MR) is 132 cm³/mol. The molecule has 0 spiro atoms. The molecule has 0 fully saturated rings.